The smallest absolute Gasteiger partial charge is 0.264 e. The zero-order valence-electron chi connectivity index (χ0n) is 12.6. The van der Waals surface area contributed by atoms with Gasteiger partial charge in [0.1, 0.15) is 5.56 Å². The van der Waals surface area contributed by atoms with Gasteiger partial charge in [0.15, 0.2) is 4.77 Å². The molecule has 0 radical (unpaired) electrons. The Bertz CT molecular complexity index is 1060. The van der Waals surface area contributed by atoms with Gasteiger partial charge >= 0.3 is 0 Å². The number of nitrogens with one attached hydrogen (secondary N) is 1. The highest BCUT2D eigenvalue weighted by atomic mass is 35.5. The Kier molecular flexibility index (Phi) is 5.03. The van der Waals surface area contributed by atoms with E-state index < -0.39 is 5.56 Å². The molecule has 5 nitrogen and oxygen atoms in total. The van der Waals surface area contributed by atoms with Crippen molar-refractivity contribution in [2.75, 3.05) is 0 Å². The van der Waals surface area contributed by atoms with Crippen molar-refractivity contribution in [3.63, 3.8) is 0 Å². The average Bonchev–Trinajstić information content (AvgIpc) is 2.54. The highest BCUT2D eigenvalue weighted by molar-refractivity contribution is 7.71. The summed E-state index contributed by atoms with van der Waals surface area (Å²) in [4.78, 5) is 18.9. The van der Waals surface area contributed by atoms with E-state index in [2.05, 4.69) is 9.98 Å². The second kappa shape index (κ2) is 7.23. The molecule has 0 aliphatic rings. The van der Waals surface area contributed by atoms with Crippen molar-refractivity contribution in [3.8, 4) is 11.6 Å². The third-order valence-corrected chi connectivity index (χ3v) is 4.05. The number of aromatic hydroxyl groups is 1. The van der Waals surface area contributed by atoms with Crippen molar-refractivity contribution in [2.24, 2.45) is 4.99 Å². The first-order valence-corrected chi connectivity index (χ1v) is 8.26. The van der Waals surface area contributed by atoms with Crippen LogP contribution in [-0.2, 0) is 0 Å². The van der Waals surface area contributed by atoms with Crippen molar-refractivity contribution < 1.29 is 5.11 Å². The first-order chi connectivity index (χ1) is 12.0. The van der Waals surface area contributed by atoms with Crippen LogP contribution in [0.2, 0.25) is 10.0 Å². The average molecular weight is 392 g/mol. The van der Waals surface area contributed by atoms with E-state index in [9.17, 15) is 9.90 Å². The van der Waals surface area contributed by atoms with Gasteiger partial charge in [-0.25, -0.2) is 0 Å². The zero-order valence-corrected chi connectivity index (χ0v) is 14.9. The van der Waals surface area contributed by atoms with Crippen LogP contribution in [0.5, 0.6) is 5.88 Å². The maximum atomic E-state index is 12.2. The van der Waals surface area contributed by atoms with E-state index >= 15 is 0 Å². The second-order valence-electron chi connectivity index (χ2n) is 5.05. The number of hydrogen-bond acceptors (Lipinski definition) is 4. The maximum absolute atomic E-state index is 12.2. The third-order valence-electron chi connectivity index (χ3n) is 3.33. The molecule has 1 aromatic heterocycles. The summed E-state index contributed by atoms with van der Waals surface area (Å²) in [5, 5.41) is 11.3. The molecular weight excluding hydrogens is 381 g/mol. The molecule has 0 spiro atoms. The second-order valence-corrected chi connectivity index (χ2v) is 6.31. The predicted octanol–water partition coefficient (Wildman–Crippen LogP) is 4.66. The van der Waals surface area contributed by atoms with E-state index in [4.69, 9.17) is 35.4 Å². The Morgan fingerprint density at radius 3 is 2.40 bits per heavy atom. The van der Waals surface area contributed by atoms with Crippen molar-refractivity contribution in [1.82, 2.24) is 9.55 Å². The fourth-order valence-electron chi connectivity index (χ4n) is 2.22. The summed E-state index contributed by atoms with van der Waals surface area (Å²) in [7, 11) is 0. The van der Waals surface area contributed by atoms with Crippen LogP contribution in [0.4, 0.5) is 5.69 Å². The number of rotatable bonds is 3. The summed E-state index contributed by atoms with van der Waals surface area (Å²) in [6.07, 6.45) is 1.28. The molecule has 0 aliphatic heterocycles. The van der Waals surface area contributed by atoms with E-state index in [0.717, 1.165) is 0 Å². The van der Waals surface area contributed by atoms with Crippen LogP contribution in [0, 0.1) is 4.77 Å². The van der Waals surface area contributed by atoms with Crippen molar-refractivity contribution >= 4 is 47.3 Å². The Balaban J connectivity index is 2.17. The molecular formula is C17H11Cl2N3O2S. The number of benzene rings is 2. The summed E-state index contributed by atoms with van der Waals surface area (Å²) in [5.74, 6) is -0.355. The van der Waals surface area contributed by atoms with Crippen LogP contribution in [0.3, 0.4) is 0 Å². The molecule has 0 saturated heterocycles. The highest BCUT2D eigenvalue weighted by Gasteiger charge is 2.13. The largest absolute Gasteiger partial charge is 0.494 e. The van der Waals surface area contributed by atoms with Gasteiger partial charge in [0, 0.05) is 16.3 Å². The SMILES string of the molecule is O=c1[nH]c(=S)n(-c2cc(Cl)cc(Cl)c2)c(O)c1C=Nc1ccccc1. The van der Waals surface area contributed by atoms with Gasteiger partial charge in [-0.05, 0) is 42.5 Å². The molecule has 0 saturated carbocycles. The number of H-pyrrole nitrogens is 1. The first-order valence-electron chi connectivity index (χ1n) is 7.09. The molecule has 0 fully saturated rings. The van der Waals surface area contributed by atoms with Crippen LogP contribution in [0.25, 0.3) is 5.69 Å². The van der Waals surface area contributed by atoms with Crippen molar-refractivity contribution in [3.05, 3.63) is 79.3 Å². The molecule has 8 heteroatoms. The summed E-state index contributed by atoms with van der Waals surface area (Å²) >= 11 is 17.2. The monoisotopic (exact) mass is 391 g/mol. The standard InChI is InChI=1S/C17H11Cl2N3O2S/c18-10-6-11(19)8-13(7-10)22-16(24)14(15(23)21-17(22)25)9-20-12-4-2-1-3-5-12/h1-9,24H,(H,21,23,25). The molecule has 1 heterocycles. The lowest BCUT2D eigenvalue weighted by molar-refractivity contribution is 0.432. The number of aromatic amines is 1. The van der Waals surface area contributed by atoms with E-state index in [0.29, 0.717) is 21.4 Å². The predicted molar refractivity (Wildman–Crippen MR) is 103 cm³/mol. The molecule has 0 bridgehead atoms. The lowest BCUT2D eigenvalue weighted by Crippen LogP contribution is -2.18. The number of aromatic nitrogens is 2. The maximum Gasteiger partial charge on any atom is 0.264 e. The zero-order chi connectivity index (χ0) is 18.0. The molecule has 0 aliphatic carbocycles. The Morgan fingerprint density at radius 1 is 1.12 bits per heavy atom. The Labute approximate surface area is 157 Å². The molecule has 3 rings (SSSR count). The molecule has 0 atom stereocenters. The quantitative estimate of drug-likeness (QED) is 0.503. The van der Waals surface area contributed by atoms with E-state index in [1.165, 1.54) is 10.8 Å². The number of halogens is 2. The molecule has 126 valence electrons. The lowest BCUT2D eigenvalue weighted by Gasteiger charge is -2.12. The van der Waals surface area contributed by atoms with Gasteiger partial charge in [0.2, 0.25) is 5.88 Å². The van der Waals surface area contributed by atoms with Gasteiger partial charge in [-0.3, -0.25) is 19.3 Å². The van der Waals surface area contributed by atoms with Gasteiger partial charge < -0.3 is 5.11 Å². The van der Waals surface area contributed by atoms with Gasteiger partial charge in [0.25, 0.3) is 5.56 Å². The molecule has 0 amide bonds. The highest BCUT2D eigenvalue weighted by Crippen LogP contribution is 2.25. The van der Waals surface area contributed by atoms with Gasteiger partial charge in [-0.2, -0.15) is 0 Å². The first kappa shape index (κ1) is 17.4. The lowest BCUT2D eigenvalue weighted by atomic mass is 10.2. The molecule has 2 aromatic carbocycles. The Morgan fingerprint density at radius 2 is 1.76 bits per heavy atom. The minimum Gasteiger partial charge on any atom is -0.494 e. The molecule has 3 aromatic rings. The summed E-state index contributed by atoms with van der Waals surface area (Å²) in [6, 6.07) is 13.7. The number of aliphatic imine (C=N–C) groups is 1. The number of hydrogen-bond donors (Lipinski definition) is 2. The number of para-hydroxylation sites is 1. The topological polar surface area (TPSA) is 70.4 Å². The molecule has 2 N–H and O–H groups in total. The van der Waals surface area contributed by atoms with E-state index in [-0.39, 0.29) is 16.2 Å². The van der Waals surface area contributed by atoms with E-state index in [1.54, 1.807) is 30.3 Å². The van der Waals surface area contributed by atoms with Crippen LogP contribution < -0.4 is 5.56 Å². The molecule has 25 heavy (non-hydrogen) atoms. The minimum atomic E-state index is -0.549. The van der Waals surface area contributed by atoms with Gasteiger partial charge in [-0.15, -0.1) is 0 Å². The van der Waals surface area contributed by atoms with Crippen LogP contribution in [0.15, 0.2) is 58.3 Å². The fourth-order valence-corrected chi connectivity index (χ4v) is 3.02. The van der Waals surface area contributed by atoms with Crippen LogP contribution in [0.1, 0.15) is 5.56 Å². The van der Waals surface area contributed by atoms with Crippen molar-refractivity contribution in [1.29, 1.82) is 0 Å². The summed E-state index contributed by atoms with van der Waals surface area (Å²) in [6.45, 7) is 0. The van der Waals surface area contributed by atoms with E-state index in [1.807, 2.05) is 18.2 Å². The summed E-state index contributed by atoms with van der Waals surface area (Å²) in [5.41, 5.74) is 0.479. The number of nitrogens with zero attached hydrogens (tertiary/aromatic N) is 2. The minimum absolute atomic E-state index is 0.0118. The van der Waals surface area contributed by atoms with Crippen molar-refractivity contribution in [2.45, 2.75) is 0 Å². The van der Waals surface area contributed by atoms with Gasteiger partial charge in [-0.1, -0.05) is 41.4 Å². The van der Waals surface area contributed by atoms with Crippen LogP contribution >= 0.6 is 35.4 Å². The summed E-state index contributed by atoms with van der Waals surface area (Å²) < 4.78 is 1.28. The normalized spacial score (nSPS) is 11.1. The third kappa shape index (κ3) is 3.82. The van der Waals surface area contributed by atoms with Crippen LogP contribution in [-0.4, -0.2) is 20.9 Å². The Hall–Kier alpha value is -2.41. The molecule has 0 unspecified atom stereocenters. The van der Waals surface area contributed by atoms with Gasteiger partial charge in [0.05, 0.1) is 11.4 Å². The fraction of sp³-hybridized carbons (Fsp3) is 0.